The Morgan fingerprint density at radius 1 is 1.20 bits per heavy atom. The van der Waals surface area contributed by atoms with Crippen molar-refractivity contribution in [1.29, 1.82) is 0 Å². The van der Waals surface area contributed by atoms with Gasteiger partial charge >= 0.3 is 5.97 Å². The van der Waals surface area contributed by atoms with Gasteiger partial charge in [-0.25, -0.2) is 0 Å². The summed E-state index contributed by atoms with van der Waals surface area (Å²) >= 11 is 1.19. The van der Waals surface area contributed by atoms with Gasteiger partial charge in [0.2, 0.25) is 0 Å². The maximum absolute atomic E-state index is 11.1. The Kier molecular flexibility index (Phi) is 5.17. The van der Waals surface area contributed by atoms with Crippen molar-refractivity contribution in [3.8, 4) is 22.9 Å². The van der Waals surface area contributed by atoms with Crippen molar-refractivity contribution in [3.63, 3.8) is 0 Å². The molecule has 0 aliphatic carbocycles. The first-order chi connectivity index (χ1) is 12.0. The number of hydrogen-bond acceptors (Lipinski definition) is 6. The molecule has 134 valence electrons. The van der Waals surface area contributed by atoms with Gasteiger partial charge in [-0.05, 0) is 39.0 Å². The Bertz CT molecular complexity index is 775. The van der Waals surface area contributed by atoms with Gasteiger partial charge in [0.1, 0.15) is 5.25 Å². The molecule has 1 aromatic heterocycles. The van der Waals surface area contributed by atoms with E-state index in [0.29, 0.717) is 29.9 Å². The van der Waals surface area contributed by atoms with Crippen LogP contribution in [0.3, 0.4) is 0 Å². The van der Waals surface area contributed by atoms with Gasteiger partial charge in [0.25, 0.3) is 0 Å². The summed E-state index contributed by atoms with van der Waals surface area (Å²) in [5, 5.41) is 17.6. The third-order valence-electron chi connectivity index (χ3n) is 3.82. The van der Waals surface area contributed by atoms with Gasteiger partial charge in [0, 0.05) is 18.0 Å². The topological polar surface area (TPSA) is 86.5 Å². The van der Waals surface area contributed by atoms with Crippen LogP contribution in [0.25, 0.3) is 11.4 Å². The van der Waals surface area contributed by atoms with Gasteiger partial charge in [0.05, 0.1) is 13.2 Å². The molecule has 0 saturated carbocycles. The van der Waals surface area contributed by atoms with E-state index in [4.69, 9.17) is 14.6 Å². The molecule has 1 aliphatic rings. The molecule has 7 nitrogen and oxygen atoms in total. The van der Waals surface area contributed by atoms with E-state index in [1.165, 1.54) is 11.8 Å². The van der Waals surface area contributed by atoms with E-state index < -0.39 is 11.2 Å². The van der Waals surface area contributed by atoms with Gasteiger partial charge in [-0.15, -0.1) is 10.2 Å². The molecule has 1 N–H and O–H groups in total. The van der Waals surface area contributed by atoms with Crippen LogP contribution in [0, 0.1) is 0 Å². The third kappa shape index (κ3) is 3.73. The van der Waals surface area contributed by atoms with Crippen molar-refractivity contribution in [3.05, 3.63) is 18.2 Å². The van der Waals surface area contributed by atoms with Crippen LogP contribution < -0.4 is 9.47 Å². The Morgan fingerprint density at radius 3 is 2.60 bits per heavy atom. The largest absolute Gasteiger partial charge is 0.490 e. The average molecular weight is 363 g/mol. The summed E-state index contributed by atoms with van der Waals surface area (Å²) in [7, 11) is 0. The Labute approximate surface area is 150 Å². The lowest BCUT2D eigenvalue weighted by Gasteiger charge is -2.15. The molecule has 0 radical (unpaired) electrons. The van der Waals surface area contributed by atoms with Gasteiger partial charge in [-0.1, -0.05) is 11.8 Å². The summed E-state index contributed by atoms with van der Waals surface area (Å²) < 4.78 is 13.4. The molecule has 2 aromatic rings. The van der Waals surface area contributed by atoms with Crippen LogP contribution in [0.4, 0.5) is 0 Å². The van der Waals surface area contributed by atoms with Crippen molar-refractivity contribution in [2.75, 3.05) is 13.2 Å². The molecule has 0 bridgehead atoms. The monoisotopic (exact) mass is 363 g/mol. The Morgan fingerprint density at radius 2 is 1.92 bits per heavy atom. The molecule has 2 heterocycles. The number of benzene rings is 1. The molecule has 0 amide bonds. The molecule has 1 unspecified atom stereocenters. The van der Waals surface area contributed by atoms with Crippen LogP contribution in [-0.4, -0.2) is 44.3 Å². The standard InChI is InChI=1S/C17H21N3O4S/c1-10(2)20-15(18-19-17(20)25-11(3)16(21)22)12-5-6-13-14(9-12)24-8-4-7-23-13/h5-6,9-11H,4,7-8H2,1-3H3,(H,21,22). The number of fused-ring (bicyclic) bond motifs is 1. The third-order valence-corrected chi connectivity index (χ3v) is 4.86. The summed E-state index contributed by atoms with van der Waals surface area (Å²) in [6, 6.07) is 5.79. The molecule has 1 aliphatic heterocycles. The predicted molar refractivity (Wildman–Crippen MR) is 94.4 cm³/mol. The highest BCUT2D eigenvalue weighted by Crippen LogP contribution is 2.36. The van der Waals surface area contributed by atoms with Gasteiger partial charge in [0.15, 0.2) is 22.5 Å². The average Bonchev–Trinajstić information content (AvgIpc) is 2.84. The second kappa shape index (κ2) is 7.35. The minimum Gasteiger partial charge on any atom is -0.490 e. The summed E-state index contributed by atoms with van der Waals surface area (Å²) in [5.74, 6) is 1.23. The maximum atomic E-state index is 11.1. The SMILES string of the molecule is CC(Sc1nnc(-c2ccc3c(c2)OCCCO3)n1C(C)C)C(=O)O. The maximum Gasteiger partial charge on any atom is 0.316 e. The molecular weight excluding hydrogens is 342 g/mol. The fraction of sp³-hybridized carbons (Fsp3) is 0.471. The second-order valence-electron chi connectivity index (χ2n) is 6.08. The van der Waals surface area contributed by atoms with Crippen molar-refractivity contribution in [2.45, 2.75) is 43.6 Å². The number of carboxylic acids is 1. The van der Waals surface area contributed by atoms with E-state index in [-0.39, 0.29) is 6.04 Å². The van der Waals surface area contributed by atoms with E-state index in [2.05, 4.69) is 10.2 Å². The molecule has 0 spiro atoms. The van der Waals surface area contributed by atoms with Crippen LogP contribution in [0.15, 0.2) is 23.4 Å². The quantitative estimate of drug-likeness (QED) is 0.816. The number of thioether (sulfide) groups is 1. The fourth-order valence-electron chi connectivity index (χ4n) is 2.53. The lowest BCUT2D eigenvalue weighted by molar-refractivity contribution is -0.136. The minimum absolute atomic E-state index is 0.0875. The molecular formula is C17H21N3O4S. The predicted octanol–water partition coefficient (Wildman–Crippen LogP) is 3.25. The highest BCUT2D eigenvalue weighted by Gasteiger charge is 2.22. The van der Waals surface area contributed by atoms with Crippen LogP contribution in [-0.2, 0) is 4.79 Å². The zero-order chi connectivity index (χ0) is 18.0. The lowest BCUT2D eigenvalue weighted by Crippen LogP contribution is -2.13. The second-order valence-corrected chi connectivity index (χ2v) is 7.39. The van der Waals surface area contributed by atoms with Crippen LogP contribution in [0.2, 0.25) is 0 Å². The van der Waals surface area contributed by atoms with E-state index in [9.17, 15) is 4.79 Å². The zero-order valence-corrected chi connectivity index (χ0v) is 15.2. The molecule has 8 heteroatoms. The van der Waals surface area contributed by atoms with E-state index >= 15 is 0 Å². The molecule has 1 aromatic carbocycles. The highest BCUT2D eigenvalue weighted by atomic mass is 32.2. The first-order valence-electron chi connectivity index (χ1n) is 8.21. The normalized spacial score (nSPS) is 15.0. The Balaban J connectivity index is 1.98. The Hall–Kier alpha value is -2.22. The van der Waals surface area contributed by atoms with Gasteiger partial charge < -0.3 is 14.6 Å². The molecule has 0 saturated heterocycles. The molecule has 3 rings (SSSR count). The lowest BCUT2D eigenvalue weighted by atomic mass is 10.2. The van der Waals surface area contributed by atoms with Gasteiger partial charge in [-0.2, -0.15) is 0 Å². The van der Waals surface area contributed by atoms with Crippen LogP contribution >= 0.6 is 11.8 Å². The van der Waals surface area contributed by atoms with Crippen molar-refractivity contribution in [1.82, 2.24) is 14.8 Å². The van der Waals surface area contributed by atoms with E-state index in [0.717, 1.165) is 17.7 Å². The molecule has 0 fully saturated rings. The number of carboxylic acid groups (broad SMARTS) is 1. The number of aliphatic carboxylic acids is 1. The first-order valence-corrected chi connectivity index (χ1v) is 9.09. The van der Waals surface area contributed by atoms with Crippen LogP contribution in [0.1, 0.15) is 33.2 Å². The van der Waals surface area contributed by atoms with Crippen molar-refractivity contribution >= 4 is 17.7 Å². The van der Waals surface area contributed by atoms with E-state index in [1.807, 2.05) is 36.6 Å². The highest BCUT2D eigenvalue weighted by molar-refractivity contribution is 8.00. The summed E-state index contributed by atoms with van der Waals surface area (Å²) in [6.07, 6.45) is 0.847. The fourth-order valence-corrected chi connectivity index (χ4v) is 3.45. The number of ether oxygens (including phenoxy) is 2. The summed E-state index contributed by atoms with van der Waals surface area (Å²) in [4.78, 5) is 11.1. The smallest absolute Gasteiger partial charge is 0.316 e. The number of hydrogen-bond donors (Lipinski definition) is 1. The first kappa shape index (κ1) is 17.6. The summed E-state index contributed by atoms with van der Waals surface area (Å²) in [5.41, 5.74) is 0.861. The molecule has 1 atom stereocenters. The van der Waals surface area contributed by atoms with E-state index in [1.54, 1.807) is 6.92 Å². The number of nitrogens with zero attached hydrogens (tertiary/aromatic N) is 3. The van der Waals surface area contributed by atoms with Crippen molar-refractivity contribution < 1.29 is 19.4 Å². The molecule has 25 heavy (non-hydrogen) atoms. The zero-order valence-electron chi connectivity index (χ0n) is 14.4. The van der Waals surface area contributed by atoms with Crippen LogP contribution in [0.5, 0.6) is 11.5 Å². The number of carbonyl (C=O) groups is 1. The van der Waals surface area contributed by atoms with Gasteiger partial charge in [-0.3, -0.25) is 9.36 Å². The van der Waals surface area contributed by atoms with Crippen molar-refractivity contribution in [2.24, 2.45) is 0 Å². The summed E-state index contributed by atoms with van der Waals surface area (Å²) in [6.45, 7) is 6.93. The number of rotatable bonds is 5. The minimum atomic E-state index is -0.875. The number of aromatic nitrogens is 3.